The topological polar surface area (TPSA) is 60.5 Å². The number of halogens is 1. The van der Waals surface area contributed by atoms with Gasteiger partial charge in [0.15, 0.2) is 16.6 Å². The normalized spacial score (nSPS) is 10.7. The van der Waals surface area contributed by atoms with Gasteiger partial charge in [-0.3, -0.25) is 4.79 Å². The molecule has 0 aliphatic rings. The lowest BCUT2D eigenvalue weighted by molar-refractivity contribution is -0.116. The number of nitrogens with zero attached hydrogens (tertiary/aromatic N) is 1. The number of carbonyl (C=O) groups is 1. The highest BCUT2D eigenvalue weighted by Gasteiger charge is 2.12. The maximum absolute atomic E-state index is 12.2. The minimum Gasteiger partial charge on any atom is -0.493 e. The second kappa shape index (κ2) is 7.84. The largest absolute Gasteiger partial charge is 0.493 e. The van der Waals surface area contributed by atoms with E-state index in [2.05, 4.69) is 26.2 Å². The van der Waals surface area contributed by atoms with Crippen molar-refractivity contribution in [3.8, 4) is 11.5 Å². The van der Waals surface area contributed by atoms with Crippen molar-refractivity contribution in [2.45, 2.75) is 12.8 Å². The van der Waals surface area contributed by atoms with E-state index in [1.165, 1.54) is 11.3 Å². The number of hydrogen-bond acceptors (Lipinski definition) is 5. The Morgan fingerprint density at radius 1 is 1.20 bits per heavy atom. The van der Waals surface area contributed by atoms with Crippen molar-refractivity contribution in [1.82, 2.24) is 4.98 Å². The lowest BCUT2D eigenvalue weighted by atomic mass is 10.1. The van der Waals surface area contributed by atoms with Gasteiger partial charge in [-0.1, -0.05) is 39.4 Å². The predicted octanol–water partition coefficient (Wildman–Crippen LogP) is 4.65. The average Bonchev–Trinajstić information content (AvgIpc) is 3.02. The number of thiazole rings is 1. The monoisotopic (exact) mass is 420 g/mol. The number of rotatable bonds is 6. The highest BCUT2D eigenvalue weighted by molar-refractivity contribution is 9.10. The van der Waals surface area contributed by atoms with Crippen molar-refractivity contribution < 1.29 is 14.3 Å². The molecule has 0 unspecified atom stereocenters. The number of anilines is 1. The maximum Gasteiger partial charge on any atom is 0.226 e. The summed E-state index contributed by atoms with van der Waals surface area (Å²) in [5.41, 5.74) is 1.88. The average molecular weight is 421 g/mol. The van der Waals surface area contributed by atoms with E-state index in [1.54, 1.807) is 14.2 Å². The molecule has 1 heterocycles. The van der Waals surface area contributed by atoms with Crippen molar-refractivity contribution in [3.63, 3.8) is 0 Å². The zero-order valence-electron chi connectivity index (χ0n) is 13.8. The number of aromatic nitrogens is 1. The lowest BCUT2D eigenvalue weighted by Gasteiger charge is -2.11. The summed E-state index contributed by atoms with van der Waals surface area (Å²) in [5, 5.41) is 3.49. The number of benzene rings is 2. The third-order valence-corrected chi connectivity index (χ3v) is 5.40. The van der Waals surface area contributed by atoms with Crippen LogP contribution < -0.4 is 14.8 Å². The summed E-state index contributed by atoms with van der Waals surface area (Å²) in [6.45, 7) is 0. The van der Waals surface area contributed by atoms with Crippen LogP contribution in [0.4, 0.5) is 5.13 Å². The van der Waals surface area contributed by atoms with E-state index < -0.39 is 0 Å². The molecule has 1 N–H and O–H groups in total. The smallest absolute Gasteiger partial charge is 0.226 e. The molecule has 130 valence electrons. The molecule has 3 rings (SSSR count). The molecule has 1 amide bonds. The van der Waals surface area contributed by atoms with Gasteiger partial charge in [0, 0.05) is 10.9 Å². The van der Waals surface area contributed by atoms with Crippen molar-refractivity contribution in [3.05, 3.63) is 46.4 Å². The summed E-state index contributed by atoms with van der Waals surface area (Å²) >= 11 is 4.99. The summed E-state index contributed by atoms with van der Waals surface area (Å²) in [6, 6.07) is 11.5. The van der Waals surface area contributed by atoms with Crippen molar-refractivity contribution in [2.24, 2.45) is 0 Å². The molecule has 0 atom stereocenters. The van der Waals surface area contributed by atoms with Crippen LogP contribution in [0.15, 0.2) is 40.9 Å². The Morgan fingerprint density at radius 3 is 2.64 bits per heavy atom. The molecule has 0 fully saturated rings. The molecule has 25 heavy (non-hydrogen) atoms. The number of nitrogens with one attached hydrogen (secondary N) is 1. The number of ether oxygens (including phenoxy) is 2. The second-order valence-corrected chi connectivity index (χ2v) is 7.22. The Morgan fingerprint density at radius 2 is 1.92 bits per heavy atom. The maximum atomic E-state index is 12.2. The molecule has 0 saturated carbocycles. The first-order valence-electron chi connectivity index (χ1n) is 7.66. The molecule has 0 saturated heterocycles. The first-order valence-corrected chi connectivity index (χ1v) is 9.27. The molecule has 0 bridgehead atoms. The number of fused-ring (bicyclic) bond motifs is 1. The van der Waals surface area contributed by atoms with Crippen LogP contribution in [-0.2, 0) is 11.2 Å². The molecule has 0 radical (unpaired) electrons. The van der Waals surface area contributed by atoms with Gasteiger partial charge in [-0.2, -0.15) is 0 Å². The van der Waals surface area contributed by atoms with E-state index in [-0.39, 0.29) is 5.91 Å². The fourth-order valence-electron chi connectivity index (χ4n) is 2.44. The van der Waals surface area contributed by atoms with Crippen LogP contribution in [0.3, 0.4) is 0 Å². The van der Waals surface area contributed by atoms with Crippen LogP contribution in [-0.4, -0.2) is 25.1 Å². The third kappa shape index (κ3) is 4.11. The molecular weight excluding hydrogens is 404 g/mol. The van der Waals surface area contributed by atoms with E-state index in [0.717, 1.165) is 20.3 Å². The van der Waals surface area contributed by atoms with Crippen molar-refractivity contribution in [1.29, 1.82) is 0 Å². The fourth-order valence-corrected chi connectivity index (χ4v) is 3.85. The Bertz CT molecular complexity index is 877. The SMILES string of the molecule is COc1cc(Br)c(CCC(=O)Nc2nc3ccccc3s2)cc1OC. The number of amides is 1. The summed E-state index contributed by atoms with van der Waals surface area (Å²) < 4.78 is 12.5. The van der Waals surface area contributed by atoms with Crippen LogP contribution >= 0.6 is 27.3 Å². The summed E-state index contributed by atoms with van der Waals surface area (Å²) in [7, 11) is 3.19. The van der Waals surface area contributed by atoms with Crippen LogP contribution in [0.2, 0.25) is 0 Å². The minimum absolute atomic E-state index is 0.0688. The van der Waals surface area contributed by atoms with Gasteiger partial charge in [0.05, 0.1) is 24.4 Å². The highest BCUT2D eigenvalue weighted by Crippen LogP contribution is 2.34. The van der Waals surface area contributed by atoms with Crippen LogP contribution in [0.25, 0.3) is 10.2 Å². The fraction of sp³-hybridized carbons (Fsp3) is 0.222. The summed E-state index contributed by atoms with van der Waals surface area (Å²) in [4.78, 5) is 16.7. The van der Waals surface area contributed by atoms with Crippen LogP contribution in [0, 0.1) is 0 Å². The Labute approximate surface area is 158 Å². The van der Waals surface area contributed by atoms with E-state index in [9.17, 15) is 4.79 Å². The van der Waals surface area contributed by atoms with Crippen LogP contribution in [0.5, 0.6) is 11.5 Å². The van der Waals surface area contributed by atoms with E-state index >= 15 is 0 Å². The summed E-state index contributed by atoms with van der Waals surface area (Å²) in [6.07, 6.45) is 0.932. The van der Waals surface area contributed by atoms with Crippen molar-refractivity contribution >= 4 is 48.5 Å². The van der Waals surface area contributed by atoms with Gasteiger partial charge in [-0.25, -0.2) is 4.98 Å². The Kier molecular flexibility index (Phi) is 5.55. The number of aryl methyl sites for hydroxylation is 1. The minimum atomic E-state index is -0.0688. The molecular formula is C18H17BrN2O3S. The van der Waals surface area contributed by atoms with E-state index in [0.29, 0.717) is 29.5 Å². The number of methoxy groups -OCH3 is 2. The zero-order chi connectivity index (χ0) is 17.8. The van der Waals surface area contributed by atoms with Crippen LogP contribution in [0.1, 0.15) is 12.0 Å². The predicted molar refractivity (Wildman–Crippen MR) is 104 cm³/mol. The quantitative estimate of drug-likeness (QED) is 0.630. The molecule has 2 aromatic carbocycles. The lowest BCUT2D eigenvalue weighted by Crippen LogP contribution is -2.12. The number of para-hydroxylation sites is 1. The molecule has 1 aromatic heterocycles. The van der Waals surface area contributed by atoms with E-state index in [1.807, 2.05) is 36.4 Å². The van der Waals surface area contributed by atoms with E-state index in [4.69, 9.17) is 9.47 Å². The number of carbonyl (C=O) groups excluding carboxylic acids is 1. The van der Waals surface area contributed by atoms with Gasteiger partial charge < -0.3 is 14.8 Å². The number of hydrogen-bond donors (Lipinski definition) is 1. The van der Waals surface area contributed by atoms with Gasteiger partial charge >= 0.3 is 0 Å². The molecule has 0 spiro atoms. The molecule has 0 aliphatic heterocycles. The first kappa shape index (κ1) is 17.7. The highest BCUT2D eigenvalue weighted by atomic mass is 79.9. The van der Waals surface area contributed by atoms with Gasteiger partial charge in [-0.05, 0) is 36.2 Å². The molecule has 0 aliphatic carbocycles. The van der Waals surface area contributed by atoms with Gasteiger partial charge in [0.25, 0.3) is 0 Å². The molecule has 3 aromatic rings. The first-order chi connectivity index (χ1) is 12.1. The Hall–Kier alpha value is -2.12. The standard InChI is InChI=1S/C18H17BrN2O3S/c1-23-14-9-11(12(19)10-15(14)24-2)7-8-17(22)21-18-20-13-5-3-4-6-16(13)25-18/h3-6,9-10H,7-8H2,1-2H3,(H,20,21,22). The Balaban J connectivity index is 1.65. The van der Waals surface area contributed by atoms with Gasteiger partial charge in [-0.15, -0.1) is 0 Å². The zero-order valence-corrected chi connectivity index (χ0v) is 16.2. The molecule has 5 nitrogen and oxygen atoms in total. The summed E-state index contributed by atoms with van der Waals surface area (Å²) in [5.74, 6) is 1.23. The third-order valence-electron chi connectivity index (χ3n) is 3.71. The van der Waals surface area contributed by atoms with Gasteiger partial charge in [0.1, 0.15) is 0 Å². The van der Waals surface area contributed by atoms with Gasteiger partial charge in [0.2, 0.25) is 5.91 Å². The van der Waals surface area contributed by atoms with Crippen molar-refractivity contribution in [2.75, 3.05) is 19.5 Å². The second-order valence-electron chi connectivity index (χ2n) is 5.33. The molecule has 7 heteroatoms.